The van der Waals surface area contributed by atoms with Crippen LogP contribution in [0.25, 0.3) is 0 Å². The van der Waals surface area contributed by atoms with Crippen LogP contribution in [0.3, 0.4) is 0 Å². The van der Waals surface area contributed by atoms with Crippen LogP contribution < -0.4 is 0 Å². The summed E-state index contributed by atoms with van der Waals surface area (Å²) in [5, 5.41) is 8.41. The van der Waals surface area contributed by atoms with Gasteiger partial charge in [0.15, 0.2) is 5.82 Å². The van der Waals surface area contributed by atoms with E-state index in [-0.39, 0.29) is 5.97 Å². The molecule has 0 aliphatic rings. The number of esters is 1. The van der Waals surface area contributed by atoms with Gasteiger partial charge in [0.05, 0.1) is 6.61 Å². The first-order chi connectivity index (χ1) is 9.07. The van der Waals surface area contributed by atoms with Crippen molar-refractivity contribution in [2.45, 2.75) is 65.8 Å². The molecule has 0 aromatic carbocycles. The Bertz CT molecular complexity index is 422. The molecule has 108 valence electrons. The SMILES string of the molecule is CCCn1c(C)nnc1C(CC)(CC)C(=O)OCC. The Hall–Kier alpha value is -1.39. The predicted molar refractivity (Wildman–Crippen MR) is 73.9 cm³/mol. The van der Waals surface area contributed by atoms with Gasteiger partial charge < -0.3 is 9.30 Å². The summed E-state index contributed by atoms with van der Waals surface area (Å²) in [6.45, 7) is 11.1. The summed E-state index contributed by atoms with van der Waals surface area (Å²) in [6, 6.07) is 0. The van der Waals surface area contributed by atoms with Gasteiger partial charge >= 0.3 is 5.97 Å². The summed E-state index contributed by atoms with van der Waals surface area (Å²) in [5.41, 5.74) is -0.674. The molecule has 0 aliphatic carbocycles. The smallest absolute Gasteiger partial charge is 0.319 e. The molecule has 1 heterocycles. The second-order valence-electron chi connectivity index (χ2n) is 4.73. The van der Waals surface area contributed by atoms with Gasteiger partial charge in [-0.25, -0.2) is 0 Å². The van der Waals surface area contributed by atoms with Crippen molar-refractivity contribution in [2.75, 3.05) is 6.61 Å². The summed E-state index contributed by atoms with van der Waals surface area (Å²) in [6.07, 6.45) is 2.33. The Kier molecular flexibility index (Phi) is 5.51. The molecule has 0 atom stereocenters. The Morgan fingerprint density at radius 2 is 1.84 bits per heavy atom. The Balaban J connectivity index is 3.29. The van der Waals surface area contributed by atoms with Crippen molar-refractivity contribution in [1.29, 1.82) is 0 Å². The number of carbonyl (C=O) groups excluding carboxylic acids is 1. The van der Waals surface area contributed by atoms with E-state index in [9.17, 15) is 4.79 Å². The number of aromatic nitrogens is 3. The third-order valence-electron chi connectivity index (χ3n) is 3.68. The quantitative estimate of drug-likeness (QED) is 0.713. The highest BCUT2D eigenvalue weighted by Crippen LogP contribution is 2.32. The normalized spacial score (nSPS) is 11.6. The molecule has 0 saturated carbocycles. The van der Waals surface area contributed by atoms with Crippen LogP contribution in [0.4, 0.5) is 0 Å². The van der Waals surface area contributed by atoms with Crippen molar-refractivity contribution in [3.63, 3.8) is 0 Å². The van der Waals surface area contributed by atoms with Crippen molar-refractivity contribution in [3.8, 4) is 0 Å². The molecule has 19 heavy (non-hydrogen) atoms. The van der Waals surface area contributed by atoms with E-state index in [1.807, 2.05) is 32.3 Å². The van der Waals surface area contributed by atoms with Crippen LogP contribution in [-0.2, 0) is 21.5 Å². The van der Waals surface area contributed by atoms with Gasteiger partial charge in [-0.15, -0.1) is 10.2 Å². The molecule has 0 N–H and O–H groups in total. The summed E-state index contributed by atoms with van der Waals surface area (Å²) in [7, 11) is 0. The lowest BCUT2D eigenvalue weighted by Crippen LogP contribution is -2.39. The number of ether oxygens (including phenoxy) is 1. The maximum absolute atomic E-state index is 12.4. The van der Waals surface area contributed by atoms with Crippen LogP contribution in [0.15, 0.2) is 0 Å². The lowest BCUT2D eigenvalue weighted by atomic mass is 9.81. The highest BCUT2D eigenvalue weighted by atomic mass is 16.5. The molecule has 0 fully saturated rings. The first kappa shape index (κ1) is 15.7. The number of hydrogen-bond donors (Lipinski definition) is 0. The maximum atomic E-state index is 12.4. The molecule has 5 heteroatoms. The Morgan fingerprint density at radius 3 is 2.32 bits per heavy atom. The van der Waals surface area contributed by atoms with Gasteiger partial charge in [0.1, 0.15) is 11.2 Å². The number of rotatable bonds is 7. The van der Waals surface area contributed by atoms with E-state index in [1.54, 1.807) is 0 Å². The zero-order valence-electron chi connectivity index (χ0n) is 12.7. The third kappa shape index (κ3) is 2.80. The molecule has 0 radical (unpaired) electrons. The average Bonchev–Trinajstić information content (AvgIpc) is 2.76. The molecule has 0 aliphatic heterocycles. The van der Waals surface area contributed by atoms with Gasteiger partial charge in [-0.05, 0) is 33.1 Å². The lowest BCUT2D eigenvalue weighted by molar-refractivity contribution is -0.151. The minimum atomic E-state index is -0.674. The fraction of sp³-hybridized carbons (Fsp3) is 0.786. The highest BCUT2D eigenvalue weighted by molar-refractivity contribution is 5.82. The van der Waals surface area contributed by atoms with Crippen LogP contribution in [0, 0.1) is 6.92 Å². The summed E-state index contributed by atoms with van der Waals surface area (Å²) in [5.74, 6) is 1.41. The van der Waals surface area contributed by atoms with Crippen LogP contribution in [0.2, 0.25) is 0 Å². The van der Waals surface area contributed by atoms with E-state index in [0.29, 0.717) is 19.4 Å². The molecule has 0 unspecified atom stereocenters. The summed E-state index contributed by atoms with van der Waals surface area (Å²) < 4.78 is 7.31. The van der Waals surface area contributed by atoms with Crippen LogP contribution in [0.5, 0.6) is 0 Å². The number of aryl methyl sites for hydroxylation is 1. The largest absolute Gasteiger partial charge is 0.465 e. The molecule has 0 amide bonds. The molecular formula is C14H25N3O2. The third-order valence-corrected chi connectivity index (χ3v) is 3.68. The first-order valence-electron chi connectivity index (χ1n) is 7.14. The second kappa shape index (κ2) is 6.68. The van der Waals surface area contributed by atoms with E-state index in [0.717, 1.165) is 24.6 Å². The number of hydrogen-bond acceptors (Lipinski definition) is 4. The van der Waals surface area contributed by atoms with Crippen molar-refractivity contribution >= 4 is 5.97 Å². The zero-order valence-corrected chi connectivity index (χ0v) is 12.7. The van der Waals surface area contributed by atoms with E-state index < -0.39 is 5.41 Å². The molecule has 0 spiro atoms. The molecule has 0 bridgehead atoms. The predicted octanol–water partition coefficient (Wildman–Crippen LogP) is 2.62. The molecule has 1 rings (SSSR count). The molecule has 1 aromatic rings. The maximum Gasteiger partial charge on any atom is 0.319 e. The van der Waals surface area contributed by atoms with E-state index >= 15 is 0 Å². The Morgan fingerprint density at radius 1 is 1.21 bits per heavy atom. The highest BCUT2D eigenvalue weighted by Gasteiger charge is 2.43. The second-order valence-corrected chi connectivity index (χ2v) is 4.73. The minimum absolute atomic E-state index is 0.190. The monoisotopic (exact) mass is 267 g/mol. The lowest BCUT2D eigenvalue weighted by Gasteiger charge is -2.28. The van der Waals surface area contributed by atoms with Gasteiger partial charge in [-0.3, -0.25) is 4.79 Å². The zero-order chi connectivity index (χ0) is 14.5. The number of nitrogens with zero attached hydrogens (tertiary/aromatic N) is 3. The Labute approximate surface area is 115 Å². The fourth-order valence-corrected chi connectivity index (χ4v) is 2.44. The molecular weight excluding hydrogens is 242 g/mol. The molecule has 5 nitrogen and oxygen atoms in total. The van der Waals surface area contributed by atoms with E-state index in [4.69, 9.17) is 4.74 Å². The fourth-order valence-electron chi connectivity index (χ4n) is 2.44. The van der Waals surface area contributed by atoms with Crippen molar-refractivity contribution in [3.05, 3.63) is 11.6 Å². The van der Waals surface area contributed by atoms with Gasteiger partial charge in [-0.2, -0.15) is 0 Å². The summed E-state index contributed by atoms with van der Waals surface area (Å²) in [4.78, 5) is 12.4. The van der Waals surface area contributed by atoms with E-state index in [1.165, 1.54) is 0 Å². The van der Waals surface area contributed by atoms with Crippen LogP contribution in [-0.4, -0.2) is 27.3 Å². The van der Waals surface area contributed by atoms with Gasteiger partial charge in [0, 0.05) is 6.54 Å². The van der Waals surface area contributed by atoms with Crippen LogP contribution >= 0.6 is 0 Å². The standard InChI is InChI=1S/C14H25N3O2/c1-6-10-17-11(5)15-16-12(17)14(7-2,8-3)13(18)19-9-4/h6-10H2,1-5H3. The van der Waals surface area contributed by atoms with Crippen molar-refractivity contribution in [1.82, 2.24) is 14.8 Å². The molecule has 0 saturated heterocycles. The summed E-state index contributed by atoms with van der Waals surface area (Å²) >= 11 is 0. The molecule has 1 aromatic heterocycles. The van der Waals surface area contributed by atoms with E-state index in [2.05, 4.69) is 17.1 Å². The van der Waals surface area contributed by atoms with Gasteiger partial charge in [-0.1, -0.05) is 20.8 Å². The van der Waals surface area contributed by atoms with Gasteiger partial charge in [0.2, 0.25) is 0 Å². The van der Waals surface area contributed by atoms with Crippen molar-refractivity contribution in [2.24, 2.45) is 0 Å². The van der Waals surface area contributed by atoms with Gasteiger partial charge in [0.25, 0.3) is 0 Å². The number of carbonyl (C=O) groups is 1. The van der Waals surface area contributed by atoms with Crippen molar-refractivity contribution < 1.29 is 9.53 Å². The first-order valence-corrected chi connectivity index (χ1v) is 7.14. The topological polar surface area (TPSA) is 57.0 Å². The van der Waals surface area contributed by atoms with Crippen LogP contribution in [0.1, 0.15) is 58.6 Å². The minimum Gasteiger partial charge on any atom is -0.465 e. The average molecular weight is 267 g/mol.